The molecule has 0 aliphatic rings. The second-order valence-electron chi connectivity index (χ2n) is 5.17. The zero-order valence-electron chi connectivity index (χ0n) is 11.5. The highest BCUT2D eigenvalue weighted by Gasteiger charge is 2.28. The van der Waals surface area contributed by atoms with E-state index >= 15 is 0 Å². The summed E-state index contributed by atoms with van der Waals surface area (Å²) >= 11 is 0. The first-order valence-electron chi connectivity index (χ1n) is 6.72. The molecule has 2 aromatic heterocycles. The minimum Gasteiger partial charge on any atom is -0.382 e. The van der Waals surface area contributed by atoms with E-state index in [9.17, 15) is 0 Å². The SMILES string of the molecule is CCCC(C)(CCC)n1nc(N)c2cccnc21. The van der Waals surface area contributed by atoms with Crippen LogP contribution in [0.2, 0.25) is 0 Å². The van der Waals surface area contributed by atoms with Crippen LogP contribution in [0.5, 0.6) is 0 Å². The van der Waals surface area contributed by atoms with E-state index in [1.165, 1.54) is 0 Å². The van der Waals surface area contributed by atoms with Gasteiger partial charge in [-0.05, 0) is 31.9 Å². The lowest BCUT2D eigenvalue weighted by molar-refractivity contribution is 0.247. The summed E-state index contributed by atoms with van der Waals surface area (Å²) in [6.07, 6.45) is 6.24. The Kier molecular flexibility index (Phi) is 3.55. The van der Waals surface area contributed by atoms with E-state index in [2.05, 4.69) is 30.9 Å². The van der Waals surface area contributed by atoms with Gasteiger partial charge in [0, 0.05) is 6.20 Å². The van der Waals surface area contributed by atoms with Gasteiger partial charge in [0.2, 0.25) is 0 Å². The molecule has 0 spiro atoms. The molecule has 0 fully saturated rings. The lowest BCUT2D eigenvalue weighted by Gasteiger charge is -2.29. The fourth-order valence-corrected chi connectivity index (χ4v) is 2.76. The van der Waals surface area contributed by atoms with Gasteiger partial charge in [0.05, 0.1) is 10.9 Å². The predicted octanol–water partition coefficient (Wildman–Crippen LogP) is 3.33. The molecule has 0 aliphatic carbocycles. The van der Waals surface area contributed by atoms with Crippen molar-refractivity contribution in [2.75, 3.05) is 5.73 Å². The second-order valence-corrected chi connectivity index (χ2v) is 5.17. The van der Waals surface area contributed by atoms with Crippen molar-refractivity contribution in [3.05, 3.63) is 18.3 Å². The first kappa shape index (κ1) is 12.9. The molecule has 4 nitrogen and oxygen atoms in total. The molecule has 0 atom stereocenters. The number of hydrogen-bond acceptors (Lipinski definition) is 3. The number of fused-ring (bicyclic) bond motifs is 1. The Morgan fingerprint density at radius 2 is 1.94 bits per heavy atom. The molecule has 18 heavy (non-hydrogen) atoms. The zero-order chi connectivity index (χ0) is 13.2. The molecule has 4 heteroatoms. The standard InChI is InChI=1S/C14H22N4/c1-4-8-14(3,9-5-2)18-13-11(12(15)17-18)7-6-10-16-13/h6-7,10H,4-5,8-9H2,1-3H3,(H2,15,17). The van der Waals surface area contributed by atoms with Gasteiger partial charge in [0.25, 0.3) is 0 Å². The van der Waals surface area contributed by atoms with E-state index in [-0.39, 0.29) is 5.54 Å². The number of hydrogen-bond donors (Lipinski definition) is 1. The Bertz CT molecular complexity index is 524. The van der Waals surface area contributed by atoms with E-state index in [1.807, 2.05) is 16.8 Å². The molecule has 0 bridgehead atoms. The number of nitrogens with two attached hydrogens (primary N) is 1. The van der Waals surface area contributed by atoms with Crippen molar-refractivity contribution in [1.82, 2.24) is 14.8 Å². The average molecular weight is 246 g/mol. The van der Waals surface area contributed by atoms with Crippen LogP contribution in [0, 0.1) is 0 Å². The maximum atomic E-state index is 5.99. The third-order valence-electron chi connectivity index (χ3n) is 3.56. The Hall–Kier alpha value is -1.58. The van der Waals surface area contributed by atoms with Crippen molar-refractivity contribution in [3.8, 4) is 0 Å². The van der Waals surface area contributed by atoms with Crippen molar-refractivity contribution in [2.24, 2.45) is 0 Å². The monoisotopic (exact) mass is 246 g/mol. The average Bonchev–Trinajstić information content (AvgIpc) is 2.69. The van der Waals surface area contributed by atoms with Gasteiger partial charge in [-0.3, -0.25) is 0 Å². The maximum absolute atomic E-state index is 5.99. The summed E-state index contributed by atoms with van der Waals surface area (Å²) in [6.45, 7) is 6.66. The highest BCUT2D eigenvalue weighted by molar-refractivity contribution is 5.86. The summed E-state index contributed by atoms with van der Waals surface area (Å²) in [5, 5.41) is 5.49. The summed E-state index contributed by atoms with van der Waals surface area (Å²) in [6, 6.07) is 3.89. The van der Waals surface area contributed by atoms with Gasteiger partial charge in [0.15, 0.2) is 11.5 Å². The molecule has 2 aromatic rings. The molecule has 0 radical (unpaired) electrons. The van der Waals surface area contributed by atoms with Crippen LogP contribution >= 0.6 is 0 Å². The van der Waals surface area contributed by atoms with Crippen LogP contribution in [-0.2, 0) is 5.54 Å². The molecule has 0 aromatic carbocycles. The summed E-state index contributed by atoms with van der Waals surface area (Å²) < 4.78 is 2.03. The Labute approximate surface area is 108 Å². The predicted molar refractivity (Wildman–Crippen MR) is 75.4 cm³/mol. The van der Waals surface area contributed by atoms with Crippen molar-refractivity contribution < 1.29 is 0 Å². The van der Waals surface area contributed by atoms with Crippen molar-refractivity contribution in [1.29, 1.82) is 0 Å². The number of nitrogens with zero attached hydrogens (tertiary/aromatic N) is 3. The zero-order valence-corrected chi connectivity index (χ0v) is 11.5. The molecule has 0 amide bonds. The number of anilines is 1. The van der Waals surface area contributed by atoms with E-state index in [1.54, 1.807) is 6.20 Å². The number of aromatic nitrogens is 3. The highest BCUT2D eigenvalue weighted by Crippen LogP contribution is 2.32. The Morgan fingerprint density at radius 3 is 2.56 bits per heavy atom. The van der Waals surface area contributed by atoms with E-state index in [4.69, 9.17) is 5.73 Å². The normalized spacial score (nSPS) is 12.2. The summed E-state index contributed by atoms with van der Waals surface area (Å²) in [7, 11) is 0. The van der Waals surface area contributed by atoms with Crippen LogP contribution in [0.15, 0.2) is 18.3 Å². The molecule has 0 aliphatic heterocycles. The first-order valence-corrected chi connectivity index (χ1v) is 6.72. The van der Waals surface area contributed by atoms with Gasteiger partial charge in [-0.1, -0.05) is 26.7 Å². The van der Waals surface area contributed by atoms with Crippen LogP contribution in [0.25, 0.3) is 11.0 Å². The van der Waals surface area contributed by atoms with Gasteiger partial charge in [-0.25, -0.2) is 9.67 Å². The van der Waals surface area contributed by atoms with Crippen molar-refractivity contribution in [2.45, 2.75) is 52.0 Å². The molecule has 0 saturated carbocycles. The third kappa shape index (κ3) is 2.07. The van der Waals surface area contributed by atoms with Crippen LogP contribution in [0.1, 0.15) is 46.5 Å². The molecular formula is C14H22N4. The molecular weight excluding hydrogens is 224 g/mol. The fourth-order valence-electron chi connectivity index (χ4n) is 2.76. The lowest BCUT2D eigenvalue weighted by atomic mass is 9.91. The molecule has 0 unspecified atom stereocenters. The quantitative estimate of drug-likeness (QED) is 0.880. The van der Waals surface area contributed by atoms with Crippen molar-refractivity contribution >= 4 is 16.9 Å². The van der Waals surface area contributed by atoms with Crippen LogP contribution < -0.4 is 5.73 Å². The molecule has 2 rings (SSSR count). The van der Waals surface area contributed by atoms with E-state index in [0.29, 0.717) is 5.82 Å². The molecule has 2 heterocycles. The Balaban J connectivity index is 2.57. The van der Waals surface area contributed by atoms with Gasteiger partial charge < -0.3 is 5.73 Å². The highest BCUT2D eigenvalue weighted by atomic mass is 15.4. The Morgan fingerprint density at radius 1 is 1.28 bits per heavy atom. The third-order valence-corrected chi connectivity index (χ3v) is 3.56. The van der Waals surface area contributed by atoms with Crippen LogP contribution in [-0.4, -0.2) is 14.8 Å². The smallest absolute Gasteiger partial charge is 0.160 e. The second kappa shape index (κ2) is 4.96. The lowest BCUT2D eigenvalue weighted by Crippen LogP contribution is -2.31. The largest absolute Gasteiger partial charge is 0.382 e. The van der Waals surface area contributed by atoms with Gasteiger partial charge in [-0.15, -0.1) is 0 Å². The topological polar surface area (TPSA) is 56.7 Å². The molecule has 2 N–H and O–H groups in total. The fraction of sp³-hybridized carbons (Fsp3) is 0.571. The minimum atomic E-state index is 0.00766. The minimum absolute atomic E-state index is 0.00766. The van der Waals surface area contributed by atoms with Crippen LogP contribution in [0.3, 0.4) is 0 Å². The van der Waals surface area contributed by atoms with Gasteiger partial charge >= 0.3 is 0 Å². The van der Waals surface area contributed by atoms with Crippen LogP contribution in [0.4, 0.5) is 5.82 Å². The number of rotatable bonds is 5. The van der Waals surface area contributed by atoms with Crippen molar-refractivity contribution in [3.63, 3.8) is 0 Å². The number of nitrogen functional groups attached to an aromatic ring is 1. The molecule has 98 valence electrons. The summed E-state index contributed by atoms with van der Waals surface area (Å²) in [4.78, 5) is 4.45. The summed E-state index contributed by atoms with van der Waals surface area (Å²) in [5.74, 6) is 0.580. The van der Waals surface area contributed by atoms with E-state index in [0.717, 1.165) is 36.7 Å². The molecule has 0 saturated heterocycles. The number of pyridine rings is 1. The maximum Gasteiger partial charge on any atom is 0.160 e. The summed E-state index contributed by atoms with van der Waals surface area (Å²) in [5.41, 5.74) is 6.90. The van der Waals surface area contributed by atoms with Gasteiger partial charge in [-0.2, -0.15) is 5.10 Å². The van der Waals surface area contributed by atoms with Gasteiger partial charge in [0.1, 0.15) is 0 Å². The first-order chi connectivity index (χ1) is 8.62. The van der Waals surface area contributed by atoms with E-state index < -0.39 is 0 Å².